The Morgan fingerprint density at radius 2 is 1.80 bits per heavy atom. The molecule has 0 aliphatic carbocycles. The first-order valence-electron chi connectivity index (χ1n) is 4.81. The summed E-state index contributed by atoms with van der Waals surface area (Å²) in [6, 6.07) is 0. The molecule has 7 heteroatoms. The molecule has 0 amide bonds. The summed E-state index contributed by atoms with van der Waals surface area (Å²) in [5.74, 6) is -1.92. The highest BCUT2D eigenvalue weighted by molar-refractivity contribution is 7.54. The number of aliphatic hydroxyl groups excluding tert-OH is 2. The average molecular weight is 244 g/mol. The van der Waals surface area contributed by atoms with Gasteiger partial charge in [0.15, 0.2) is 0 Å². The second kappa shape index (κ2) is 7.30. The second-order valence-corrected chi connectivity index (χ2v) is 5.04. The monoisotopic (exact) mass is 244 g/mol. The van der Waals surface area contributed by atoms with Crippen LogP contribution in [-0.4, -0.2) is 42.1 Å². The van der Waals surface area contributed by atoms with Crippen LogP contribution in [0.2, 0.25) is 0 Å². The van der Waals surface area contributed by atoms with Gasteiger partial charge in [-0.15, -0.1) is 0 Å². The number of hydrogen-bond donors (Lipinski definition) is 2. The van der Waals surface area contributed by atoms with Crippen LogP contribution in [0, 0.1) is 0 Å². The zero-order valence-corrected chi connectivity index (χ0v) is 9.82. The van der Waals surface area contributed by atoms with Gasteiger partial charge in [0.1, 0.15) is 0 Å². The Balaban J connectivity index is 4.40. The maximum atomic E-state index is 13.5. The molecule has 15 heavy (non-hydrogen) atoms. The van der Waals surface area contributed by atoms with Crippen molar-refractivity contribution in [3.05, 3.63) is 0 Å². The van der Waals surface area contributed by atoms with E-state index in [4.69, 9.17) is 19.3 Å². The molecule has 0 aliphatic rings. The minimum atomic E-state index is -3.82. The Hall–Kier alpha value is -0.0000000000000000139. The molecule has 0 fully saturated rings. The van der Waals surface area contributed by atoms with E-state index in [9.17, 15) is 8.96 Å². The molecule has 5 nitrogen and oxygen atoms in total. The van der Waals surface area contributed by atoms with Gasteiger partial charge in [-0.25, -0.2) is 4.39 Å². The van der Waals surface area contributed by atoms with Gasteiger partial charge in [0.25, 0.3) is 0 Å². The molecular weight excluding hydrogens is 226 g/mol. The molecule has 0 rings (SSSR count). The SMILES string of the molecule is CCOP(=O)(OCC)C(F)CC(O)CO. The topological polar surface area (TPSA) is 76.0 Å². The van der Waals surface area contributed by atoms with Gasteiger partial charge in [0.05, 0.1) is 25.9 Å². The van der Waals surface area contributed by atoms with E-state index in [1.54, 1.807) is 13.8 Å². The highest BCUT2D eigenvalue weighted by Crippen LogP contribution is 2.55. The maximum Gasteiger partial charge on any atom is 0.364 e. The van der Waals surface area contributed by atoms with Gasteiger partial charge < -0.3 is 19.3 Å². The smallest absolute Gasteiger partial charge is 0.364 e. The first-order chi connectivity index (χ1) is 7.00. The summed E-state index contributed by atoms with van der Waals surface area (Å²) < 4.78 is 34.7. The van der Waals surface area contributed by atoms with Crippen LogP contribution < -0.4 is 0 Å². The fourth-order valence-corrected chi connectivity index (χ4v) is 2.61. The Morgan fingerprint density at radius 1 is 1.33 bits per heavy atom. The zero-order chi connectivity index (χ0) is 11.9. The predicted molar refractivity (Wildman–Crippen MR) is 53.5 cm³/mol. The average Bonchev–Trinajstić information content (AvgIpc) is 2.18. The third-order valence-electron chi connectivity index (χ3n) is 1.64. The molecule has 0 aromatic rings. The van der Waals surface area contributed by atoms with E-state index < -0.39 is 32.6 Å². The van der Waals surface area contributed by atoms with E-state index in [0.717, 1.165) is 0 Å². The van der Waals surface area contributed by atoms with Gasteiger partial charge >= 0.3 is 7.60 Å². The van der Waals surface area contributed by atoms with E-state index in [1.165, 1.54) is 0 Å². The molecule has 0 heterocycles. The largest absolute Gasteiger partial charge is 0.394 e. The lowest BCUT2D eigenvalue weighted by Gasteiger charge is -2.21. The molecule has 92 valence electrons. The standard InChI is InChI=1S/C8H18FO5P/c1-3-13-15(12,14-4-2)8(9)5-7(11)6-10/h7-8,10-11H,3-6H2,1-2H3. The van der Waals surface area contributed by atoms with Crippen molar-refractivity contribution in [2.45, 2.75) is 32.3 Å². The van der Waals surface area contributed by atoms with Crippen LogP contribution in [0.1, 0.15) is 20.3 Å². The molecule has 0 aromatic carbocycles. The molecule has 0 spiro atoms. The molecule has 0 bridgehead atoms. The molecule has 0 radical (unpaired) electrons. The molecule has 0 aromatic heterocycles. The maximum absolute atomic E-state index is 13.5. The Morgan fingerprint density at radius 3 is 2.13 bits per heavy atom. The van der Waals surface area contributed by atoms with Crippen LogP contribution in [0.4, 0.5) is 4.39 Å². The minimum absolute atomic E-state index is 0.0624. The van der Waals surface area contributed by atoms with Crippen molar-refractivity contribution < 1.29 is 28.2 Å². The lowest BCUT2D eigenvalue weighted by molar-refractivity contribution is 0.0701. The Kier molecular flexibility index (Phi) is 7.30. The van der Waals surface area contributed by atoms with E-state index in [2.05, 4.69) is 0 Å². The van der Waals surface area contributed by atoms with Gasteiger partial charge in [0.2, 0.25) is 5.91 Å². The van der Waals surface area contributed by atoms with Crippen LogP contribution >= 0.6 is 7.60 Å². The quantitative estimate of drug-likeness (QED) is 0.629. The van der Waals surface area contributed by atoms with Crippen LogP contribution in [0.15, 0.2) is 0 Å². The summed E-state index contributed by atoms with van der Waals surface area (Å²) in [6.07, 6.45) is -1.72. The summed E-state index contributed by atoms with van der Waals surface area (Å²) in [4.78, 5) is 0. The molecular formula is C8H18FO5P. The van der Waals surface area contributed by atoms with Crippen molar-refractivity contribution >= 4 is 7.60 Å². The zero-order valence-electron chi connectivity index (χ0n) is 8.93. The number of alkyl halides is 1. The summed E-state index contributed by atoms with van der Waals surface area (Å²) >= 11 is 0. The van der Waals surface area contributed by atoms with Gasteiger partial charge in [-0.05, 0) is 13.8 Å². The first-order valence-corrected chi connectivity index (χ1v) is 6.43. The summed E-state index contributed by atoms with van der Waals surface area (Å²) in [5.41, 5.74) is 0. The van der Waals surface area contributed by atoms with Crippen molar-refractivity contribution in [2.24, 2.45) is 0 Å². The summed E-state index contributed by atoms with van der Waals surface area (Å²) in [6.45, 7) is 2.68. The van der Waals surface area contributed by atoms with Gasteiger partial charge in [-0.1, -0.05) is 0 Å². The lowest BCUT2D eigenvalue weighted by Crippen LogP contribution is -2.20. The van der Waals surface area contributed by atoms with Crippen molar-refractivity contribution in [1.82, 2.24) is 0 Å². The first kappa shape index (κ1) is 15.0. The third kappa shape index (κ3) is 5.04. The highest BCUT2D eigenvalue weighted by atomic mass is 31.2. The van der Waals surface area contributed by atoms with Crippen LogP contribution in [-0.2, 0) is 13.6 Å². The third-order valence-corrected chi connectivity index (χ3v) is 3.77. The van der Waals surface area contributed by atoms with Gasteiger partial charge in [-0.2, -0.15) is 0 Å². The fourth-order valence-electron chi connectivity index (χ4n) is 0.987. The fraction of sp³-hybridized carbons (Fsp3) is 1.00. The second-order valence-electron chi connectivity index (χ2n) is 2.88. The Bertz CT molecular complexity index is 203. The Labute approximate surface area is 88.7 Å². The summed E-state index contributed by atoms with van der Waals surface area (Å²) in [5, 5.41) is 17.5. The minimum Gasteiger partial charge on any atom is -0.394 e. The van der Waals surface area contributed by atoms with E-state index in [-0.39, 0.29) is 13.2 Å². The normalized spacial score (nSPS) is 16.3. The van der Waals surface area contributed by atoms with E-state index in [1.807, 2.05) is 0 Å². The molecule has 2 N–H and O–H groups in total. The van der Waals surface area contributed by atoms with Crippen molar-refractivity contribution in [1.29, 1.82) is 0 Å². The molecule has 0 aliphatic heterocycles. The van der Waals surface area contributed by atoms with Crippen molar-refractivity contribution in [3.8, 4) is 0 Å². The molecule has 2 atom stereocenters. The van der Waals surface area contributed by atoms with Crippen molar-refractivity contribution in [3.63, 3.8) is 0 Å². The number of aliphatic hydroxyl groups is 2. The lowest BCUT2D eigenvalue weighted by atomic mass is 10.3. The van der Waals surface area contributed by atoms with Crippen LogP contribution in [0.3, 0.4) is 0 Å². The van der Waals surface area contributed by atoms with Gasteiger partial charge in [-0.3, -0.25) is 4.57 Å². The molecule has 2 unspecified atom stereocenters. The van der Waals surface area contributed by atoms with Crippen LogP contribution in [0.5, 0.6) is 0 Å². The predicted octanol–water partition coefficient (Wildman–Crippen LogP) is 1.29. The summed E-state index contributed by atoms with van der Waals surface area (Å²) in [7, 11) is -3.82. The van der Waals surface area contributed by atoms with Gasteiger partial charge in [0, 0.05) is 6.42 Å². The van der Waals surface area contributed by atoms with Crippen LogP contribution in [0.25, 0.3) is 0 Å². The molecule has 0 saturated heterocycles. The number of hydrogen-bond acceptors (Lipinski definition) is 5. The highest BCUT2D eigenvalue weighted by Gasteiger charge is 2.37. The van der Waals surface area contributed by atoms with Crippen molar-refractivity contribution in [2.75, 3.05) is 19.8 Å². The molecule has 0 saturated carbocycles. The number of rotatable bonds is 8. The number of halogens is 1. The van der Waals surface area contributed by atoms with E-state index in [0.29, 0.717) is 0 Å². The van der Waals surface area contributed by atoms with E-state index >= 15 is 0 Å².